The molecular formula is C26H21N3O4S. The number of hydrogen-bond acceptors (Lipinski definition) is 5. The fraction of sp³-hybridized carbons (Fsp3) is 0.0769. The normalized spacial score (nSPS) is 11.6. The second kappa shape index (κ2) is 8.31. The van der Waals surface area contributed by atoms with Gasteiger partial charge in [-0.15, -0.1) is 0 Å². The van der Waals surface area contributed by atoms with Crippen LogP contribution in [-0.4, -0.2) is 25.1 Å². The molecule has 0 radical (unpaired) electrons. The highest BCUT2D eigenvalue weighted by molar-refractivity contribution is 7.92. The van der Waals surface area contributed by atoms with E-state index in [9.17, 15) is 13.2 Å². The van der Waals surface area contributed by atoms with E-state index in [0.29, 0.717) is 22.4 Å². The van der Waals surface area contributed by atoms with Gasteiger partial charge in [0.15, 0.2) is 0 Å². The van der Waals surface area contributed by atoms with E-state index in [1.807, 2.05) is 30.3 Å². The van der Waals surface area contributed by atoms with Crippen molar-refractivity contribution in [2.24, 2.45) is 0 Å². The summed E-state index contributed by atoms with van der Waals surface area (Å²) in [5, 5.41) is 2.27. The molecule has 5 aromatic rings. The number of ether oxygens (including phenoxy) is 1. The van der Waals surface area contributed by atoms with Crippen LogP contribution in [0.25, 0.3) is 27.4 Å². The maximum Gasteiger partial charge on any atom is 0.265 e. The molecule has 4 aromatic carbocycles. The van der Waals surface area contributed by atoms with Crippen molar-refractivity contribution in [2.45, 2.75) is 11.8 Å². The van der Waals surface area contributed by atoms with Gasteiger partial charge in [0.1, 0.15) is 11.6 Å². The van der Waals surface area contributed by atoms with Crippen LogP contribution in [0.1, 0.15) is 5.82 Å². The van der Waals surface area contributed by atoms with Gasteiger partial charge in [0.2, 0.25) is 0 Å². The third-order valence-corrected chi connectivity index (χ3v) is 7.03. The first-order chi connectivity index (χ1) is 16.4. The number of hydrogen-bond donors (Lipinski definition) is 1. The molecule has 0 spiro atoms. The van der Waals surface area contributed by atoms with Gasteiger partial charge in [0.05, 0.1) is 34.3 Å². The third kappa shape index (κ3) is 3.78. The van der Waals surface area contributed by atoms with E-state index in [0.717, 1.165) is 10.8 Å². The average Bonchev–Trinajstić information content (AvgIpc) is 2.84. The van der Waals surface area contributed by atoms with Crippen molar-refractivity contribution < 1.29 is 13.2 Å². The topological polar surface area (TPSA) is 90.3 Å². The van der Waals surface area contributed by atoms with Crippen LogP contribution in [0.4, 0.5) is 5.69 Å². The molecule has 0 atom stereocenters. The van der Waals surface area contributed by atoms with Crippen LogP contribution >= 0.6 is 0 Å². The van der Waals surface area contributed by atoms with Gasteiger partial charge in [0, 0.05) is 6.07 Å². The molecular weight excluding hydrogens is 450 g/mol. The van der Waals surface area contributed by atoms with Gasteiger partial charge in [0.25, 0.3) is 15.6 Å². The van der Waals surface area contributed by atoms with E-state index in [1.54, 1.807) is 61.5 Å². The number of para-hydroxylation sites is 1. The van der Waals surface area contributed by atoms with Crippen LogP contribution in [0.15, 0.2) is 94.6 Å². The highest BCUT2D eigenvalue weighted by atomic mass is 32.2. The molecule has 1 N–H and O–H groups in total. The molecule has 0 amide bonds. The molecule has 34 heavy (non-hydrogen) atoms. The third-order valence-electron chi connectivity index (χ3n) is 5.66. The Morgan fingerprint density at radius 3 is 2.41 bits per heavy atom. The van der Waals surface area contributed by atoms with Crippen LogP contribution in [0.2, 0.25) is 0 Å². The first kappa shape index (κ1) is 21.7. The van der Waals surface area contributed by atoms with Crippen molar-refractivity contribution in [3.05, 3.63) is 101 Å². The molecule has 170 valence electrons. The largest absolute Gasteiger partial charge is 0.494 e. The van der Waals surface area contributed by atoms with Crippen molar-refractivity contribution >= 4 is 37.4 Å². The van der Waals surface area contributed by atoms with Crippen molar-refractivity contribution in [1.82, 2.24) is 9.55 Å². The highest BCUT2D eigenvalue weighted by Gasteiger charge is 2.18. The Labute approximate surface area is 196 Å². The van der Waals surface area contributed by atoms with Crippen molar-refractivity contribution in [3.63, 3.8) is 0 Å². The summed E-state index contributed by atoms with van der Waals surface area (Å²) in [6.07, 6.45) is 0. The van der Waals surface area contributed by atoms with Crippen LogP contribution in [-0.2, 0) is 10.0 Å². The van der Waals surface area contributed by atoms with Gasteiger partial charge in [-0.25, -0.2) is 13.4 Å². The van der Waals surface area contributed by atoms with Gasteiger partial charge >= 0.3 is 0 Å². The first-order valence-electron chi connectivity index (χ1n) is 10.6. The quantitative estimate of drug-likeness (QED) is 0.403. The zero-order valence-electron chi connectivity index (χ0n) is 18.5. The van der Waals surface area contributed by atoms with E-state index >= 15 is 0 Å². The molecule has 0 bridgehead atoms. The Kier molecular flexibility index (Phi) is 5.30. The summed E-state index contributed by atoms with van der Waals surface area (Å²) in [6.45, 7) is 1.75. The number of fused-ring (bicyclic) bond motifs is 2. The van der Waals surface area contributed by atoms with Gasteiger partial charge in [-0.05, 0) is 54.1 Å². The summed E-state index contributed by atoms with van der Waals surface area (Å²) in [5.74, 6) is 0.788. The van der Waals surface area contributed by atoms with E-state index in [1.165, 1.54) is 11.7 Å². The fourth-order valence-electron chi connectivity index (χ4n) is 3.99. The Morgan fingerprint density at radius 2 is 1.62 bits per heavy atom. The summed E-state index contributed by atoms with van der Waals surface area (Å²) in [4.78, 5) is 17.8. The average molecular weight is 472 g/mol. The highest BCUT2D eigenvalue weighted by Crippen LogP contribution is 2.30. The number of sulfonamides is 1. The molecule has 0 aliphatic carbocycles. The molecule has 0 saturated carbocycles. The summed E-state index contributed by atoms with van der Waals surface area (Å²) < 4.78 is 35.7. The lowest BCUT2D eigenvalue weighted by atomic mass is 10.1. The van der Waals surface area contributed by atoms with Crippen LogP contribution in [0.5, 0.6) is 5.75 Å². The molecule has 0 saturated heterocycles. The molecule has 0 fully saturated rings. The number of aromatic nitrogens is 2. The smallest absolute Gasteiger partial charge is 0.265 e. The molecule has 0 aliphatic heterocycles. The molecule has 7 nitrogen and oxygen atoms in total. The number of methoxy groups -OCH3 is 1. The van der Waals surface area contributed by atoms with Crippen LogP contribution in [0.3, 0.4) is 0 Å². The first-order valence-corrected chi connectivity index (χ1v) is 12.0. The Balaban J connectivity index is 1.55. The lowest BCUT2D eigenvalue weighted by Gasteiger charge is -2.16. The summed E-state index contributed by atoms with van der Waals surface area (Å²) in [6, 6.07) is 24.5. The van der Waals surface area contributed by atoms with E-state index in [2.05, 4.69) is 9.71 Å². The number of anilines is 1. The molecule has 1 aromatic heterocycles. The second-order valence-electron chi connectivity index (χ2n) is 7.82. The maximum absolute atomic E-state index is 13.1. The van der Waals surface area contributed by atoms with E-state index in [4.69, 9.17) is 4.74 Å². The van der Waals surface area contributed by atoms with Crippen LogP contribution < -0.4 is 15.0 Å². The van der Waals surface area contributed by atoms with Crippen molar-refractivity contribution in [1.29, 1.82) is 0 Å². The van der Waals surface area contributed by atoms with Gasteiger partial charge < -0.3 is 4.74 Å². The standard InChI is InChI=1S/C26H21N3O4S/c1-17-27-23-10-6-5-9-22(23)26(30)29(17)20-12-14-24(25(16-20)33-2)28-34(31,32)21-13-11-18-7-3-4-8-19(18)15-21/h3-16,28H,1-2H3. The molecule has 1 heterocycles. The molecule has 8 heteroatoms. The Bertz CT molecular complexity index is 1730. The van der Waals surface area contributed by atoms with E-state index in [-0.39, 0.29) is 21.9 Å². The van der Waals surface area contributed by atoms with Gasteiger partial charge in [-0.3, -0.25) is 14.1 Å². The minimum atomic E-state index is -3.87. The SMILES string of the molecule is COc1cc(-n2c(C)nc3ccccc3c2=O)ccc1NS(=O)(=O)c1ccc2ccccc2c1. The fourth-order valence-corrected chi connectivity index (χ4v) is 5.09. The number of nitrogens with one attached hydrogen (secondary N) is 1. The maximum atomic E-state index is 13.1. The van der Waals surface area contributed by atoms with Crippen molar-refractivity contribution in [2.75, 3.05) is 11.8 Å². The monoisotopic (exact) mass is 471 g/mol. The van der Waals surface area contributed by atoms with E-state index < -0.39 is 10.0 Å². The van der Waals surface area contributed by atoms with Gasteiger partial charge in [-0.1, -0.05) is 42.5 Å². The predicted molar refractivity (Wildman–Crippen MR) is 133 cm³/mol. The zero-order valence-corrected chi connectivity index (χ0v) is 19.3. The minimum absolute atomic E-state index is 0.142. The minimum Gasteiger partial charge on any atom is -0.494 e. The molecule has 5 rings (SSSR count). The summed E-state index contributed by atoms with van der Waals surface area (Å²) in [7, 11) is -2.43. The molecule has 0 aliphatic rings. The zero-order chi connectivity index (χ0) is 23.9. The number of nitrogens with zero attached hydrogens (tertiary/aromatic N) is 2. The summed E-state index contributed by atoms with van der Waals surface area (Å²) >= 11 is 0. The second-order valence-corrected chi connectivity index (χ2v) is 9.50. The predicted octanol–water partition coefficient (Wildman–Crippen LogP) is 4.66. The molecule has 0 unspecified atom stereocenters. The Morgan fingerprint density at radius 1 is 0.882 bits per heavy atom. The van der Waals surface area contributed by atoms with Crippen LogP contribution in [0, 0.1) is 6.92 Å². The van der Waals surface area contributed by atoms with Gasteiger partial charge in [-0.2, -0.15) is 0 Å². The Hall–Kier alpha value is -4.17. The lowest BCUT2D eigenvalue weighted by molar-refractivity contribution is 0.416. The van der Waals surface area contributed by atoms with Crippen molar-refractivity contribution in [3.8, 4) is 11.4 Å². The number of aryl methyl sites for hydroxylation is 1. The lowest BCUT2D eigenvalue weighted by Crippen LogP contribution is -2.22. The summed E-state index contributed by atoms with van der Waals surface area (Å²) in [5.41, 5.74) is 1.19. The number of rotatable bonds is 5. The number of benzene rings is 4.